The third-order valence-electron chi connectivity index (χ3n) is 1.61. The summed E-state index contributed by atoms with van der Waals surface area (Å²) in [7, 11) is -1.28. The summed E-state index contributed by atoms with van der Waals surface area (Å²) in [6, 6.07) is 0. The van der Waals surface area contributed by atoms with Crippen LogP contribution in [0, 0.1) is 5.92 Å². The van der Waals surface area contributed by atoms with Gasteiger partial charge in [0.1, 0.15) is 0 Å². The topological polar surface area (TPSA) is 63.4 Å². The SMILES string of the molecule is CN1CC(CS(N)(=O)=O)C1. The van der Waals surface area contributed by atoms with Gasteiger partial charge in [0.25, 0.3) is 0 Å². The molecule has 1 aliphatic heterocycles. The molecule has 0 bridgehead atoms. The van der Waals surface area contributed by atoms with Crippen LogP contribution in [0.1, 0.15) is 0 Å². The van der Waals surface area contributed by atoms with E-state index >= 15 is 0 Å². The zero-order chi connectivity index (χ0) is 7.78. The second-order valence-electron chi connectivity index (χ2n) is 2.92. The Kier molecular flexibility index (Phi) is 1.98. The molecule has 1 rings (SSSR count). The second-order valence-corrected chi connectivity index (χ2v) is 4.58. The van der Waals surface area contributed by atoms with Crippen LogP contribution >= 0.6 is 0 Å². The largest absolute Gasteiger partial charge is 0.306 e. The number of likely N-dealkylation sites (tertiary alicyclic amines) is 1. The first kappa shape index (κ1) is 7.97. The summed E-state index contributed by atoms with van der Waals surface area (Å²) in [6.07, 6.45) is 0. The lowest BCUT2D eigenvalue weighted by atomic mass is 10.0. The smallest absolute Gasteiger partial charge is 0.209 e. The van der Waals surface area contributed by atoms with Crippen molar-refractivity contribution < 1.29 is 8.42 Å². The summed E-state index contributed by atoms with van der Waals surface area (Å²) in [5.41, 5.74) is 0. The maximum absolute atomic E-state index is 10.5. The Balaban J connectivity index is 2.30. The molecule has 0 radical (unpaired) electrons. The summed E-state index contributed by atoms with van der Waals surface area (Å²) >= 11 is 0. The highest BCUT2D eigenvalue weighted by Crippen LogP contribution is 2.13. The van der Waals surface area contributed by atoms with E-state index in [0.29, 0.717) is 0 Å². The molecule has 60 valence electrons. The van der Waals surface area contributed by atoms with Crippen molar-refractivity contribution in [2.45, 2.75) is 0 Å². The zero-order valence-electron chi connectivity index (χ0n) is 5.95. The Morgan fingerprint density at radius 3 is 2.40 bits per heavy atom. The van der Waals surface area contributed by atoms with Crippen molar-refractivity contribution in [3.05, 3.63) is 0 Å². The molecule has 0 spiro atoms. The van der Waals surface area contributed by atoms with E-state index in [-0.39, 0.29) is 11.7 Å². The van der Waals surface area contributed by atoms with E-state index in [4.69, 9.17) is 5.14 Å². The minimum Gasteiger partial charge on any atom is -0.306 e. The molecule has 0 amide bonds. The molecule has 0 aliphatic carbocycles. The third kappa shape index (κ3) is 2.24. The van der Waals surface area contributed by atoms with E-state index in [1.54, 1.807) is 0 Å². The van der Waals surface area contributed by atoms with Gasteiger partial charge in [0.2, 0.25) is 10.0 Å². The number of rotatable bonds is 2. The minimum absolute atomic E-state index is 0.136. The quantitative estimate of drug-likeness (QED) is 0.559. The fourth-order valence-electron chi connectivity index (χ4n) is 1.26. The molecular formula is C5H12N2O2S. The third-order valence-corrected chi connectivity index (χ3v) is 2.54. The van der Waals surface area contributed by atoms with Gasteiger partial charge in [-0.15, -0.1) is 0 Å². The van der Waals surface area contributed by atoms with Gasteiger partial charge in [-0.1, -0.05) is 0 Å². The number of hydrogen-bond acceptors (Lipinski definition) is 3. The van der Waals surface area contributed by atoms with E-state index in [9.17, 15) is 8.42 Å². The molecule has 4 nitrogen and oxygen atoms in total. The summed E-state index contributed by atoms with van der Waals surface area (Å²) in [5.74, 6) is 0.400. The predicted molar refractivity (Wildman–Crippen MR) is 39.0 cm³/mol. The average Bonchev–Trinajstić information content (AvgIpc) is 1.57. The Hall–Kier alpha value is -0.130. The molecule has 10 heavy (non-hydrogen) atoms. The molecule has 0 unspecified atom stereocenters. The average molecular weight is 164 g/mol. The van der Waals surface area contributed by atoms with Crippen molar-refractivity contribution >= 4 is 10.0 Å². The van der Waals surface area contributed by atoms with Gasteiger partial charge in [-0.3, -0.25) is 0 Å². The van der Waals surface area contributed by atoms with Gasteiger partial charge in [0.15, 0.2) is 0 Å². The fraction of sp³-hybridized carbons (Fsp3) is 1.00. The zero-order valence-corrected chi connectivity index (χ0v) is 6.76. The standard InChI is InChI=1S/C5H12N2O2S/c1-7-2-5(3-7)4-10(6,8)9/h5H,2-4H2,1H3,(H2,6,8,9). The minimum atomic E-state index is -3.23. The molecular weight excluding hydrogens is 152 g/mol. The first-order valence-corrected chi connectivity index (χ1v) is 4.88. The van der Waals surface area contributed by atoms with Crippen molar-refractivity contribution in [3.8, 4) is 0 Å². The summed E-state index contributed by atoms with van der Waals surface area (Å²) in [6.45, 7) is 1.72. The van der Waals surface area contributed by atoms with Crippen LogP contribution in [0.25, 0.3) is 0 Å². The molecule has 1 heterocycles. The Morgan fingerprint density at radius 2 is 2.10 bits per heavy atom. The molecule has 0 aromatic rings. The molecule has 5 heteroatoms. The van der Waals surface area contributed by atoms with Gasteiger partial charge in [0, 0.05) is 13.1 Å². The van der Waals surface area contributed by atoms with E-state index in [2.05, 4.69) is 4.90 Å². The first-order chi connectivity index (χ1) is 4.47. The number of nitrogens with two attached hydrogens (primary N) is 1. The molecule has 1 saturated heterocycles. The number of sulfonamides is 1. The van der Waals surface area contributed by atoms with Gasteiger partial charge in [0.05, 0.1) is 5.75 Å². The second kappa shape index (κ2) is 2.48. The first-order valence-electron chi connectivity index (χ1n) is 3.16. The van der Waals surface area contributed by atoms with Crippen molar-refractivity contribution in [2.24, 2.45) is 11.1 Å². The number of primary sulfonamides is 1. The normalized spacial score (nSPS) is 22.6. The van der Waals surface area contributed by atoms with E-state index in [0.717, 1.165) is 13.1 Å². The lowest BCUT2D eigenvalue weighted by molar-refractivity contribution is 0.151. The van der Waals surface area contributed by atoms with Crippen LogP contribution in [-0.4, -0.2) is 39.2 Å². The van der Waals surface area contributed by atoms with Crippen molar-refractivity contribution in [1.29, 1.82) is 0 Å². The molecule has 0 aromatic heterocycles. The van der Waals surface area contributed by atoms with Gasteiger partial charge < -0.3 is 4.90 Å². The Labute approximate surface area is 61.1 Å². The number of nitrogens with zero attached hydrogens (tertiary/aromatic N) is 1. The number of hydrogen-bond donors (Lipinski definition) is 1. The molecule has 0 saturated carbocycles. The predicted octanol–water partition coefficient (Wildman–Crippen LogP) is -1.16. The highest BCUT2D eigenvalue weighted by molar-refractivity contribution is 7.89. The Morgan fingerprint density at radius 1 is 1.60 bits per heavy atom. The van der Waals surface area contributed by atoms with Gasteiger partial charge in [-0.05, 0) is 13.0 Å². The fourth-order valence-corrected chi connectivity index (χ4v) is 2.13. The molecule has 0 aromatic carbocycles. The molecule has 1 fully saturated rings. The summed E-state index contributed by atoms with van der Waals surface area (Å²) in [5, 5.41) is 4.84. The summed E-state index contributed by atoms with van der Waals surface area (Å²) in [4.78, 5) is 2.07. The van der Waals surface area contributed by atoms with Crippen molar-refractivity contribution in [2.75, 3.05) is 25.9 Å². The Bertz CT molecular complexity index is 206. The van der Waals surface area contributed by atoms with E-state index in [1.165, 1.54) is 0 Å². The molecule has 0 atom stereocenters. The lowest BCUT2D eigenvalue weighted by Gasteiger charge is -2.35. The van der Waals surface area contributed by atoms with Crippen molar-refractivity contribution in [3.63, 3.8) is 0 Å². The molecule has 2 N–H and O–H groups in total. The van der Waals surface area contributed by atoms with E-state index in [1.807, 2.05) is 7.05 Å². The van der Waals surface area contributed by atoms with Gasteiger partial charge in [-0.2, -0.15) is 0 Å². The maximum atomic E-state index is 10.5. The van der Waals surface area contributed by atoms with Gasteiger partial charge >= 0.3 is 0 Å². The highest BCUT2D eigenvalue weighted by atomic mass is 32.2. The summed E-state index contributed by atoms with van der Waals surface area (Å²) < 4.78 is 21.0. The van der Waals surface area contributed by atoms with Crippen LogP contribution in [0.5, 0.6) is 0 Å². The van der Waals surface area contributed by atoms with E-state index < -0.39 is 10.0 Å². The van der Waals surface area contributed by atoms with Crippen LogP contribution in [0.2, 0.25) is 0 Å². The monoisotopic (exact) mass is 164 g/mol. The van der Waals surface area contributed by atoms with Crippen LogP contribution < -0.4 is 5.14 Å². The van der Waals surface area contributed by atoms with Crippen LogP contribution in [0.15, 0.2) is 0 Å². The van der Waals surface area contributed by atoms with Crippen LogP contribution in [0.3, 0.4) is 0 Å². The molecule has 1 aliphatic rings. The van der Waals surface area contributed by atoms with Crippen LogP contribution in [-0.2, 0) is 10.0 Å². The van der Waals surface area contributed by atoms with Crippen LogP contribution in [0.4, 0.5) is 0 Å². The van der Waals surface area contributed by atoms with Gasteiger partial charge in [-0.25, -0.2) is 13.6 Å². The highest BCUT2D eigenvalue weighted by Gasteiger charge is 2.26. The maximum Gasteiger partial charge on any atom is 0.209 e. The van der Waals surface area contributed by atoms with Crippen molar-refractivity contribution in [1.82, 2.24) is 4.90 Å². The lowest BCUT2D eigenvalue weighted by Crippen LogP contribution is -2.47.